The van der Waals surface area contributed by atoms with Gasteiger partial charge in [-0.05, 0) is 31.0 Å². The van der Waals surface area contributed by atoms with E-state index in [2.05, 4.69) is 10.6 Å². The molecule has 31 heavy (non-hydrogen) atoms. The zero-order valence-corrected chi connectivity index (χ0v) is 17.2. The molecule has 1 aromatic carbocycles. The number of carbonyl (C=O) groups is 2. The number of likely N-dealkylation sites (tertiary alicyclic amines) is 1. The third-order valence-electron chi connectivity index (χ3n) is 6.89. The highest BCUT2D eigenvalue weighted by molar-refractivity contribution is 6.00. The zero-order chi connectivity index (χ0) is 21.9. The van der Waals surface area contributed by atoms with Crippen molar-refractivity contribution in [3.63, 3.8) is 0 Å². The number of nitrogens with zero attached hydrogens (tertiary/aromatic N) is 3. The van der Waals surface area contributed by atoms with Crippen molar-refractivity contribution in [1.29, 1.82) is 0 Å². The van der Waals surface area contributed by atoms with Crippen molar-refractivity contribution in [2.24, 2.45) is 7.05 Å². The van der Waals surface area contributed by atoms with Gasteiger partial charge in [-0.3, -0.25) is 28.9 Å². The standard InChI is InChI=1S/C21H25F2N5O3/c1-26-18-13(12-9-27(10-12)16-7-8-24-11-21(16,22)23)3-2-4-14(18)28(20(26)31)15-5-6-17(29)25-19(15)30/h2-4,12,15-16,24H,5-11H2,1H3,(H,25,29,30). The van der Waals surface area contributed by atoms with Gasteiger partial charge in [-0.1, -0.05) is 12.1 Å². The number of imidazole rings is 1. The summed E-state index contributed by atoms with van der Waals surface area (Å²) in [5.41, 5.74) is 1.96. The average molecular weight is 433 g/mol. The Kier molecular flexibility index (Phi) is 4.74. The van der Waals surface area contributed by atoms with Crippen LogP contribution < -0.4 is 16.3 Å². The van der Waals surface area contributed by atoms with Crippen LogP contribution in [-0.2, 0) is 16.6 Å². The molecule has 4 heterocycles. The van der Waals surface area contributed by atoms with E-state index in [1.165, 1.54) is 9.13 Å². The minimum absolute atomic E-state index is 0.0394. The number of alkyl halides is 2. The molecule has 0 bridgehead atoms. The maximum absolute atomic E-state index is 14.3. The Morgan fingerprint density at radius 1 is 1.13 bits per heavy atom. The molecule has 2 aromatic rings. The van der Waals surface area contributed by atoms with Crippen LogP contribution in [0.4, 0.5) is 8.78 Å². The molecule has 3 saturated heterocycles. The Balaban J connectivity index is 1.46. The second-order valence-corrected chi connectivity index (χ2v) is 8.79. The molecule has 3 fully saturated rings. The molecule has 2 amide bonds. The summed E-state index contributed by atoms with van der Waals surface area (Å²) in [4.78, 5) is 38.8. The first-order chi connectivity index (χ1) is 14.8. The van der Waals surface area contributed by atoms with Crippen molar-refractivity contribution >= 4 is 22.8 Å². The van der Waals surface area contributed by atoms with Gasteiger partial charge in [-0.2, -0.15) is 0 Å². The van der Waals surface area contributed by atoms with E-state index < -0.39 is 23.9 Å². The molecule has 8 nitrogen and oxygen atoms in total. The van der Waals surface area contributed by atoms with Crippen LogP contribution in [0.2, 0.25) is 0 Å². The molecular formula is C21H25F2N5O3. The SMILES string of the molecule is Cn1c(=O)n(C2CCC(=O)NC2=O)c2cccc(C3CN(C4CCNCC4(F)F)C3)c21. The van der Waals surface area contributed by atoms with Crippen LogP contribution in [0.1, 0.15) is 36.8 Å². The quantitative estimate of drug-likeness (QED) is 0.697. The monoisotopic (exact) mass is 433 g/mol. The predicted octanol–water partition coefficient (Wildman–Crippen LogP) is 0.714. The number of fused-ring (bicyclic) bond motifs is 1. The van der Waals surface area contributed by atoms with Crippen molar-refractivity contribution in [1.82, 2.24) is 24.7 Å². The summed E-state index contributed by atoms with van der Waals surface area (Å²) in [6, 6.07) is 4.05. The number of benzene rings is 1. The van der Waals surface area contributed by atoms with Gasteiger partial charge in [0.05, 0.1) is 23.6 Å². The lowest BCUT2D eigenvalue weighted by atomic mass is 9.86. The van der Waals surface area contributed by atoms with E-state index in [1.54, 1.807) is 13.1 Å². The first-order valence-corrected chi connectivity index (χ1v) is 10.6. The summed E-state index contributed by atoms with van der Waals surface area (Å²) < 4.78 is 31.6. The summed E-state index contributed by atoms with van der Waals surface area (Å²) in [7, 11) is 1.66. The van der Waals surface area contributed by atoms with E-state index >= 15 is 0 Å². The molecule has 10 heteroatoms. The Morgan fingerprint density at radius 3 is 2.61 bits per heavy atom. The first-order valence-electron chi connectivity index (χ1n) is 10.6. The lowest BCUT2D eigenvalue weighted by Gasteiger charge is -2.48. The number of piperidine rings is 2. The van der Waals surface area contributed by atoms with Crippen molar-refractivity contribution in [2.75, 3.05) is 26.2 Å². The third-order valence-corrected chi connectivity index (χ3v) is 6.89. The summed E-state index contributed by atoms with van der Waals surface area (Å²) >= 11 is 0. The smallest absolute Gasteiger partial charge is 0.311 e. The van der Waals surface area contributed by atoms with Gasteiger partial charge in [-0.15, -0.1) is 0 Å². The Bertz CT molecular complexity index is 1120. The topological polar surface area (TPSA) is 88.4 Å². The van der Waals surface area contributed by atoms with Gasteiger partial charge in [-0.25, -0.2) is 13.6 Å². The van der Waals surface area contributed by atoms with Gasteiger partial charge >= 0.3 is 5.69 Å². The van der Waals surface area contributed by atoms with Gasteiger partial charge in [0.1, 0.15) is 6.04 Å². The van der Waals surface area contributed by atoms with E-state index in [0.717, 1.165) is 11.1 Å². The number of aryl methyl sites for hydroxylation is 1. The molecule has 0 radical (unpaired) electrons. The molecule has 1 aromatic heterocycles. The van der Waals surface area contributed by atoms with E-state index in [4.69, 9.17) is 0 Å². The van der Waals surface area contributed by atoms with Gasteiger partial charge < -0.3 is 5.32 Å². The lowest BCUT2D eigenvalue weighted by molar-refractivity contribution is -0.135. The molecule has 0 aliphatic carbocycles. The summed E-state index contributed by atoms with van der Waals surface area (Å²) in [6.07, 6.45) is 0.866. The maximum Gasteiger partial charge on any atom is 0.329 e. The minimum Gasteiger partial charge on any atom is -0.311 e. The molecule has 0 saturated carbocycles. The number of nitrogens with one attached hydrogen (secondary N) is 2. The molecule has 166 valence electrons. The van der Waals surface area contributed by atoms with E-state index in [-0.39, 0.29) is 36.9 Å². The highest BCUT2D eigenvalue weighted by Gasteiger charge is 2.48. The Hall–Kier alpha value is -2.59. The fourth-order valence-corrected chi connectivity index (χ4v) is 5.26. The van der Waals surface area contributed by atoms with E-state index in [1.807, 2.05) is 17.0 Å². The van der Waals surface area contributed by atoms with Crippen molar-refractivity contribution in [3.8, 4) is 0 Å². The summed E-state index contributed by atoms with van der Waals surface area (Å²) in [6.45, 7) is 1.31. The van der Waals surface area contributed by atoms with Crippen LogP contribution in [0.3, 0.4) is 0 Å². The van der Waals surface area contributed by atoms with Crippen LogP contribution in [0.15, 0.2) is 23.0 Å². The van der Waals surface area contributed by atoms with Gasteiger partial charge in [0.15, 0.2) is 0 Å². The lowest BCUT2D eigenvalue weighted by Crippen LogP contribution is -2.62. The van der Waals surface area contributed by atoms with Crippen molar-refractivity contribution < 1.29 is 18.4 Å². The molecule has 2 atom stereocenters. The second-order valence-electron chi connectivity index (χ2n) is 8.79. The van der Waals surface area contributed by atoms with E-state index in [9.17, 15) is 23.2 Å². The van der Waals surface area contributed by atoms with Crippen LogP contribution in [0.25, 0.3) is 11.0 Å². The Morgan fingerprint density at radius 2 is 1.90 bits per heavy atom. The van der Waals surface area contributed by atoms with Gasteiger partial charge in [0.2, 0.25) is 11.8 Å². The molecule has 3 aliphatic rings. The number of aromatic nitrogens is 2. The molecule has 0 spiro atoms. The van der Waals surface area contributed by atoms with Crippen LogP contribution in [0, 0.1) is 0 Å². The number of amides is 2. The average Bonchev–Trinajstić information content (AvgIpc) is 2.93. The number of imide groups is 1. The number of halogens is 2. The highest BCUT2D eigenvalue weighted by atomic mass is 19.3. The van der Waals surface area contributed by atoms with Crippen molar-refractivity contribution in [3.05, 3.63) is 34.2 Å². The number of hydrogen-bond donors (Lipinski definition) is 2. The number of rotatable bonds is 3. The fraction of sp³-hybridized carbons (Fsp3) is 0.571. The zero-order valence-electron chi connectivity index (χ0n) is 17.2. The summed E-state index contributed by atoms with van der Waals surface area (Å²) in [5, 5.41) is 5.07. The number of carbonyl (C=O) groups excluding carboxylic acids is 2. The number of hydrogen-bond acceptors (Lipinski definition) is 5. The van der Waals surface area contributed by atoms with Crippen LogP contribution in [0.5, 0.6) is 0 Å². The van der Waals surface area contributed by atoms with Crippen LogP contribution in [-0.4, -0.2) is 64.0 Å². The second kappa shape index (κ2) is 7.23. The van der Waals surface area contributed by atoms with Crippen molar-refractivity contribution in [2.45, 2.75) is 43.2 Å². The Labute approximate surface area is 177 Å². The number of para-hydroxylation sites is 1. The van der Waals surface area contributed by atoms with E-state index in [0.29, 0.717) is 31.6 Å². The molecule has 3 aliphatic heterocycles. The fourth-order valence-electron chi connectivity index (χ4n) is 5.26. The molecule has 2 unspecified atom stereocenters. The van der Waals surface area contributed by atoms with Gasteiger partial charge in [0.25, 0.3) is 5.92 Å². The third kappa shape index (κ3) is 3.20. The largest absolute Gasteiger partial charge is 0.329 e. The summed E-state index contributed by atoms with van der Waals surface area (Å²) in [5.74, 6) is -3.52. The molecule has 2 N–H and O–H groups in total. The minimum atomic E-state index is -2.75. The predicted molar refractivity (Wildman–Crippen MR) is 109 cm³/mol. The van der Waals surface area contributed by atoms with Gasteiger partial charge in [0, 0.05) is 32.5 Å². The first kappa shape index (κ1) is 20.3. The maximum atomic E-state index is 14.3. The molecular weight excluding hydrogens is 408 g/mol. The van der Waals surface area contributed by atoms with Crippen LogP contribution >= 0.6 is 0 Å². The highest BCUT2D eigenvalue weighted by Crippen LogP contribution is 2.38. The molecule has 5 rings (SSSR count). The normalized spacial score (nSPS) is 27.3.